The molecule has 1 unspecified atom stereocenters. The van der Waals surface area contributed by atoms with Crippen molar-refractivity contribution >= 4 is 28.8 Å². The molecule has 1 atom stereocenters. The van der Waals surface area contributed by atoms with Gasteiger partial charge in [-0.05, 0) is 25.6 Å². The third-order valence-electron chi connectivity index (χ3n) is 2.26. The lowest BCUT2D eigenvalue weighted by Gasteiger charge is -2.10. The molecule has 5 heteroatoms. The molecule has 1 aromatic heterocycles. The predicted octanol–water partition coefficient (Wildman–Crippen LogP) is 1.92. The Bertz CT molecular complexity index is 340. The van der Waals surface area contributed by atoms with E-state index in [1.807, 2.05) is 26.1 Å². The van der Waals surface area contributed by atoms with Crippen molar-refractivity contribution in [3.05, 3.63) is 21.3 Å². The topological polar surface area (TPSA) is 41.1 Å². The number of thiophene rings is 1. The molecule has 1 rings (SSSR count). The first-order valence-electron chi connectivity index (χ1n) is 5.30. The minimum absolute atomic E-state index is 0.0110. The Labute approximate surface area is 105 Å². The Morgan fingerprint density at radius 3 is 2.88 bits per heavy atom. The average Bonchev–Trinajstić information content (AvgIpc) is 2.64. The van der Waals surface area contributed by atoms with Crippen LogP contribution in [-0.4, -0.2) is 26.0 Å². The number of carbonyl (C=O) groups excluding carboxylic acids is 1. The van der Waals surface area contributed by atoms with Crippen LogP contribution in [0.25, 0.3) is 0 Å². The van der Waals surface area contributed by atoms with Gasteiger partial charge in [0.25, 0.3) is 0 Å². The number of halogens is 1. The van der Waals surface area contributed by atoms with E-state index in [-0.39, 0.29) is 11.8 Å². The number of carbonyl (C=O) groups is 1. The largest absolute Gasteiger partial charge is 0.355 e. The highest BCUT2D eigenvalue weighted by atomic mass is 35.5. The summed E-state index contributed by atoms with van der Waals surface area (Å²) in [7, 11) is 1.84. The molecule has 1 heterocycles. The van der Waals surface area contributed by atoms with E-state index in [4.69, 9.17) is 11.6 Å². The second kappa shape index (κ2) is 6.89. The van der Waals surface area contributed by atoms with Gasteiger partial charge in [-0.1, -0.05) is 18.5 Å². The lowest BCUT2D eigenvalue weighted by atomic mass is 10.1. The molecule has 0 radical (unpaired) electrons. The van der Waals surface area contributed by atoms with Crippen molar-refractivity contribution < 1.29 is 4.79 Å². The quantitative estimate of drug-likeness (QED) is 0.821. The van der Waals surface area contributed by atoms with Crippen LogP contribution in [0.4, 0.5) is 0 Å². The van der Waals surface area contributed by atoms with E-state index in [0.29, 0.717) is 13.1 Å². The molecule has 0 aromatic carbocycles. The fourth-order valence-electron chi connectivity index (χ4n) is 1.37. The molecule has 0 saturated heterocycles. The van der Waals surface area contributed by atoms with E-state index >= 15 is 0 Å². The minimum Gasteiger partial charge on any atom is -0.355 e. The first kappa shape index (κ1) is 13.5. The molecule has 90 valence electrons. The molecular weight excluding hydrogens is 244 g/mol. The van der Waals surface area contributed by atoms with Gasteiger partial charge >= 0.3 is 0 Å². The van der Waals surface area contributed by atoms with Crippen LogP contribution < -0.4 is 10.6 Å². The van der Waals surface area contributed by atoms with Crippen molar-refractivity contribution in [2.75, 3.05) is 20.1 Å². The summed E-state index contributed by atoms with van der Waals surface area (Å²) in [5.41, 5.74) is 0. The Morgan fingerprint density at radius 2 is 2.31 bits per heavy atom. The van der Waals surface area contributed by atoms with Crippen molar-refractivity contribution in [2.24, 2.45) is 5.92 Å². The molecule has 0 bridgehead atoms. The molecule has 0 aliphatic carbocycles. The number of amides is 1. The zero-order chi connectivity index (χ0) is 12.0. The maximum atomic E-state index is 11.6. The highest BCUT2D eigenvalue weighted by Gasteiger charge is 2.10. The van der Waals surface area contributed by atoms with Crippen LogP contribution in [0.3, 0.4) is 0 Å². The normalized spacial score (nSPS) is 12.4. The Hall–Kier alpha value is -0.580. The highest BCUT2D eigenvalue weighted by molar-refractivity contribution is 7.16. The first-order chi connectivity index (χ1) is 7.63. The van der Waals surface area contributed by atoms with Crippen molar-refractivity contribution in [3.8, 4) is 0 Å². The lowest BCUT2D eigenvalue weighted by molar-refractivity contribution is -0.124. The summed E-state index contributed by atoms with van der Waals surface area (Å²) in [5.74, 6) is 0.105. The van der Waals surface area contributed by atoms with Gasteiger partial charge in [-0.25, -0.2) is 0 Å². The van der Waals surface area contributed by atoms with Gasteiger partial charge in [0.05, 0.1) is 4.34 Å². The number of hydrogen-bond donors (Lipinski definition) is 2. The van der Waals surface area contributed by atoms with Crippen LogP contribution in [0.2, 0.25) is 4.34 Å². The molecule has 1 amide bonds. The Kier molecular flexibility index (Phi) is 5.80. The Balaban J connectivity index is 2.22. The van der Waals surface area contributed by atoms with Gasteiger partial charge in [0.1, 0.15) is 0 Å². The van der Waals surface area contributed by atoms with Crippen LogP contribution in [0.1, 0.15) is 11.8 Å². The zero-order valence-corrected chi connectivity index (χ0v) is 11.1. The predicted molar refractivity (Wildman–Crippen MR) is 69.1 cm³/mol. The molecule has 0 aliphatic heterocycles. The van der Waals surface area contributed by atoms with Gasteiger partial charge in [0, 0.05) is 23.9 Å². The minimum atomic E-state index is 0.0110. The van der Waals surface area contributed by atoms with E-state index in [2.05, 4.69) is 10.6 Å². The second-order valence-electron chi connectivity index (χ2n) is 3.71. The number of rotatable bonds is 6. The molecule has 0 saturated carbocycles. The molecule has 2 N–H and O–H groups in total. The van der Waals surface area contributed by atoms with Crippen LogP contribution in [0, 0.1) is 5.92 Å². The summed E-state index contributed by atoms with van der Waals surface area (Å²) >= 11 is 7.38. The summed E-state index contributed by atoms with van der Waals surface area (Å²) in [6.07, 6.45) is 0.843. The molecule has 16 heavy (non-hydrogen) atoms. The second-order valence-corrected chi connectivity index (χ2v) is 5.51. The standard InChI is InChI=1S/C11H17ClN2OS/c1-8(7-13-2)11(15)14-6-5-9-3-4-10(12)16-9/h3-4,8,13H,5-7H2,1-2H3,(H,14,15). The molecule has 0 fully saturated rings. The van der Waals surface area contributed by atoms with Gasteiger partial charge < -0.3 is 10.6 Å². The summed E-state index contributed by atoms with van der Waals surface area (Å²) in [6.45, 7) is 3.29. The van der Waals surface area contributed by atoms with Crippen molar-refractivity contribution in [1.29, 1.82) is 0 Å². The third-order valence-corrected chi connectivity index (χ3v) is 3.55. The zero-order valence-electron chi connectivity index (χ0n) is 9.55. The van der Waals surface area contributed by atoms with E-state index in [1.165, 1.54) is 4.88 Å². The van der Waals surface area contributed by atoms with E-state index in [0.717, 1.165) is 10.8 Å². The molecule has 0 spiro atoms. The summed E-state index contributed by atoms with van der Waals surface area (Å²) < 4.78 is 0.796. The van der Waals surface area contributed by atoms with Crippen LogP contribution in [-0.2, 0) is 11.2 Å². The van der Waals surface area contributed by atoms with E-state index < -0.39 is 0 Å². The fourth-order valence-corrected chi connectivity index (χ4v) is 2.46. The maximum Gasteiger partial charge on any atom is 0.224 e. The van der Waals surface area contributed by atoms with Crippen LogP contribution in [0.5, 0.6) is 0 Å². The fraction of sp³-hybridized carbons (Fsp3) is 0.545. The van der Waals surface area contributed by atoms with Gasteiger partial charge in [-0.2, -0.15) is 0 Å². The third kappa shape index (κ3) is 4.51. The van der Waals surface area contributed by atoms with Crippen LogP contribution in [0.15, 0.2) is 12.1 Å². The molecule has 1 aromatic rings. The van der Waals surface area contributed by atoms with E-state index in [1.54, 1.807) is 11.3 Å². The molecular formula is C11H17ClN2OS. The van der Waals surface area contributed by atoms with Gasteiger partial charge in [0.2, 0.25) is 5.91 Å². The number of nitrogens with one attached hydrogen (secondary N) is 2. The summed E-state index contributed by atoms with van der Waals surface area (Å²) in [6, 6.07) is 3.88. The number of hydrogen-bond acceptors (Lipinski definition) is 3. The van der Waals surface area contributed by atoms with Crippen molar-refractivity contribution in [2.45, 2.75) is 13.3 Å². The average molecular weight is 261 g/mol. The SMILES string of the molecule is CNCC(C)C(=O)NCCc1ccc(Cl)s1. The van der Waals surface area contributed by atoms with Gasteiger partial charge in [-0.15, -0.1) is 11.3 Å². The monoisotopic (exact) mass is 260 g/mol. The first-order valence-corrected chi connectivity index (χ1v) is 6.49. The lowest BCUT2D eigenvalue weighted by Crippen LogP contribution is -2.35. The maximum absolute atomic E-state index is 11.6. The summed E-state index contributed by atoms with van der Waals surface area (Å²) in [4.78, 5) is 12.8. The van der Waals surface area contributed by atoms with E-state index in [9.17, 15) is 4.79 Å². The van der Waals surface area contributed by atoms with Gasteiger partial charge in [0.15, 0.2) is 0 Å². The molecule has 0 aliphatic rings. The highest BCUT2D eigenvalue weighted by Crippen LogP contribution is 2.21. The molecule has 3 nitrogen and oxygen atoms in total. The summed E-state index contributed by atoms with van der Waals surface area (Å²) in [5, 5.41) is 5.89. The van der Waals surface area contributed by atoms with Crippen molar-refractivity contribution in [3.63, 3.8) is 0 Å². The van der Waals surface area contributed by atoms with Gasteiger partial charge in [-0.3, -0.25) is 4.79 Å². The van der Waals surface area contributed by atoms with Crippen molar-refractivity contribution in [1.82, 2.24) is 10.6 Å². The Morgan fingerprint density at radius 1 is 1.56 bits per heavy atom. The van der Waals surface area contributed by atoms with Crippen LogP contribution >= 0.6 is 22.9 Å². The smallest absolute Gasteiger partial charge is 0.224 e.